The molecule has 8 heteroatoms. The molecule has 1 aromatic heterocycles. The smallest absolute Gasteiger partial charge is 0.213 e. The van der Waals surface area contributed by atoms with Gasteiger partial charge in [0.25, 0.3) is 0 Å². The first kappa shape index (κ1) is 23.6. The summed E-state index contributed by atoms with van der Waals surface area (Å²) < 4.78 is 39.5. The van der Waals surface area contributed by atoms with E-state index >= 15 is 0 Å². The van der Waals surface area contributed by atoms with E-state index in [0.29, 0.717) is 32.6 Å². The van der Waals surface area contributed by atoms with Gasteiger partial charge in [-0.3, -0.25) is 0 Å². The van der Waals surface area contributed by atoms with Crippen molar-refractivity contribution < 1.29 is 12.8 Å². The summed E-state index contributed by atoms with van der Waals surface area (Å²) in [5.41, 5.74) is 3.06. The van der Waals surface area contributed by atoms with Crippen molar-refractivity contribution in [2.24, 2.45) is 0 Å². The average Bonchev–Trinajstić information content (AvgIpc) is 2.80. The Morgan fingerprint density at radius 3 is 2.23 bits per heavy atom. The highest BCUT2D eigenvalue weighted by Crippen LogP contribution is 2.29. The van der Waals surface area contributed by atoms with Crippen LogP contribution in [0.1, 0.15) is 62.7 Å². The minimum Gasteiger partial charge on any atom is -0.354 e. The summed E-state index contributed by atoms with van der Waals surface area (Å²) in [5.74, 6) is 1.83. The number of rotatable bonds is 8. The van der Waals surface area contributed by atoms with Crippen LogP contribution in [0.15, 0.2) is 24.3 Å². The molecular weight excluding hydrogens is 415 g/mol. The number of nitrogens with zero attached hydrogens (tertiary/aromatic N) is 4. The first-order valence-electron chi connectivity index (χ1n) is 11.2. The number of hydrogen-bond acceptors (Lipinski definition) is 5. The molecule has 31 heavy (non-hydrogen) atoms. The van der Waals surface area contributed by atoms with Crippen molar-refractivity contribution in [2.45, 2.75) is 52.9 Å². The second-order valence-electron chi connectivity index (χ2n) is 8.08. The molecule has 1 aliphatic rings. The van der Waals surface area contributed by atoms with E-state index in [1.807, 2.05) is 0 Å². The van der Waals surface area contributed by atoms with Crippen molar-refractivity contribution in [1.82, 2.24) is 14.3 Å². The third kappa shape index (κ3) is 5.41. The molecule has 0 bridgehead atoms. The third-order valence-electron chi connectivity index (χ3n) is 6.07. The first-order chi connectivity index (χ1) is 14.8. The minimum absolute atomic E-state index is 0.120. The second-order valence-corrected chi connectivity index (χ2v) is 10.3. The SMILES string of the molecule is CCc1nc(C(C)CC)nc(N2CCN(S(=O)(=O)CC)CC2)c1Cc1ccc(F)cc1. The Labute approximate surface area is 185 Å². The summed E-state index contributed by atoms with van der Waals surface area (Å²) in [7, 11) is -3.19. The second kappa shape index (κ2) is 10.0. The monoisotopic (exact) mass is 448 g/mol. The van der Waals surface area contributed by atoms with Crippen molar-refractivity contribution in [3.63, 3.8) is 0 Å². The topological polar surface area (TPSA) is 66.4 Å². The van der Waals surface area contributed by atoms with Gasteiger partial charge in [-0.05, 0) is 37.5 Å². The minimum atomic E-state index is -3.19. The fourth-order valence-corrected chi connectivity index (χ4v) is 4.93. The van der Waals surface area contributed by atoms with Gasteiger partial charge in [0, 0.05) is 49.8 Å². The summed E-state index contributed by atoms with van der Waals surface area (Å²) in [6, 6.07) is 6.55. The molecule has 0 radical (unpaired) electrons. The van der Waals surface area contributed by atoms with Gasteiger partial charge >= 0.3 is 0 Å². The Balaban J connectivity index is 1.98. The van der Waals surface area contributed by atoms with Crippen LogP contribution >= 0.6 is 0 Å². The van der Waals surface area contributed by atoms with Crippen molar-refractivity contribution in [2.75, 3.05) is 36.8 Å². The Morgan fingerprint density at radius 1 is 1.03 bits per heavy atom. The Kier molecular flexibility index (Phi) is 7.64. The summed E-state index contributed by atoms with van der Waals surface area (Å²) >= 11 is 0. The maximum atomic E-state index is 13.4. The maximum Gasteiger partial charge on any atom is 0.213 e. The standard InChI is InChI=1S/C23H33FN4O2S/c1-5-17(4)22-25-21(6-2)20(16-18-8-10-19(24)11-9-18)23(26-22)27-12-14-28(15-13-27)31(29,30)7-3/h8-11,17H,5-7,12-16H2,1-4H3. The number of hydrogen-bond donors (Lipinski definition) is 0. The molecule has 1 atom stereocenters. The summed E-state index contributed by atoms with van der Waals surface area (Å²) in [6.45, 7) is 10.1. The molecule has 1 aromatic carbocycles. The molecule has 1 fully saturated rings. The van der Waals surface area contributed by atoms with Gasteiger partial charge in [-0.15, -0.1) is 0 Å². The number of anilines is 1. The summed E-state index contributed by atoms with van der Waals surface area (Å²) in [6.07, 6.45) is 2.34. The number of halogens is 1. The van der Waals surface area contributed by atoms with Crippen molar-refractivity contribution in [1.29, 1.82) is 0 Å². The van der Waals surface area contributed by atoms with Crippen LogP contribution in [0.2, 0.25) is 0 Å². The zero-order chi connectivity index (χ0) is 22.6. The van der Waals surface area contributed by atoms with Crippen LogP contribution in [0, 0.1) is 5.82 Å². The van der Waals surface area contributed by atoms with E-state index < -0.39 is 10.0 Å². The molecular formula is C23H33FN4O2S. The molecule has 2 heterocycles. The molecule has 3 rings (SSSR count). The predicted octanol–water partition coefficient (Wildman–Crippen LogP) is 3.75. The normalized spacial score (nSPS) is 16.5. The lowest BCUT2D eigenvalue weighted by Gasteiger charge is -2.36. The molecule has 0 amide bonds. The molecule has 1 unspecified atom stereocenters. The zero-order valence-corrected chi connectivity index (χ0v) is 19.8. The molecule has 2 aromatic rings. The van der Waals surface area contributed by atoms with Gasteiger partial charge in [0.2, 0.25) is 10.0 Å². The zero-order valence-electron chi connectivity index (χ0n) is 18.9. The summed E-state index contributed by atoms with van der Waals surface area (Å²) in [4.78, 5) is 12.0. The van der Waals surface area contributed by atoms with E-state index in [2.05, 4.69) is 25.7 Å². The number of aryl methyl sites for hydroxylation is 1. The quantitative estimate of drug-likeness (QED) is 0.615. The highest BCUT2D eigenvalue weighted by molar-refractivity contribution is 7.89. The van der Waals surface area contributed by atoms with Gasteiger partial charge in [0.05, 0.1) is 5.75 Å². The predicted molar refractivity (Wildman–Crippen MR) is 123 cm³/mol. The summed E-state index contributed by atoms with van der Waals surface area (Å²) in [5, 5.41) is 0. The fraction of sp³-hybridized carbons (Fsp3) is 0.565. The number of piperazine rings is 1. The van der Waals surface area contributed by atoms with E-state index in [1.165, 1.54) is 12.1 Å². The lowest BCUT2D eigenvalue weighted by molar-refractivity contribution is 0.384. The number of sulfonamides is 1. The van der Waals surface area contributed by atoms with Crippen LogP contribution in [0.25, 0.3) is 0 Å². The first-order valence-corrected chi connectivity index (χ1v) is 12.8. The molecule has 0 saturated carbocycles. The third-order valence-corrected chi connectivity index (χ3v) is 7.95. The lowest BCUT2D eigenvalue weighted by atomic mass is 10.0. The molecule has 0 aliphatic carbocycles. The van der Waals surface area contributed by atoms with Gasteiger partial charge in [0.15, 0.2) is 0 Å². The van der Waals surface area contributed by atoms with Gasteiger partial charge in [0.1, 0.15) is 17.5 Å². The molecule has 0 N–H and O–H groups in total. The highest BCUT2D eigenvalue weighted by Gasteiger charge is 2.28. The number of aromatic nitrogens is 2. The van der Waals surface area contributed by atoms with Crippen LogP contribution < -0.4 is 4.90 Å². The average molecular weight is 449 g/mol. The highest BCUT2D eigenvalue weighted by atomic mass is 32.2. The van der Waals surface area contributed by atoms with Crippen molar-refractivity contribution >= 4 is 15.8 Å². The van der Waals surface area contributed by atoms with Crippen LogP contribution in [0.3, 0.4) is 0 Å². The van der Waals surface area contributed by atoms with Crippen molar-refractivity contribution in [3.8, 4) is 0 Å². The van der Waals surface area contributed by atoms with Crippen LogP contribution in [-0.2, 0) is 22.9 Å². The molecule has 1 aliphatic heterocycles. The Bertz CT molecular complexity index is 987. The van der Waals surface area contributed by atoms with Crippen molar-refractivity contribution in [3.05, 3.63) is 52.7 Å². The van der Waals surface area contributed by atoms with Crippen LogP contribution in [-0.4, -0.2) is 54.6 Å². The van der Waals surface area contributed by atoms with Crippen LogP contribution in [0.5, 0.6) is 0 Å². The van der Waals surface area contributed by atoms with E-state index in [1.54, 1.807) is 23.4 Å². The Hall–Kier alpha value is -2.06. The molecule has 1 saturated heterocycles. The van der Waals surface area contributed by atoms with Gasteiger partial charge in [-0.25, -0.2) is 22.8 Å². The van der Waals surface area contributed by atoms with E-state index in [4.69, 9.17) is 9.97 Å². The van der Waals surface area contributed by atoms with Gasteiger partial charge in [-0.1, -0.05) is 32.9 Å². The number of benzene rings is 1. The molecule has 170 valence electrons. The Morgan fingerprint density at radius 2 is 1.68 bits per heavy atom. The maximum absolute atomic E-state index is 13.4. The van der Waals surface area contributed by atoms with Gasteiger partial charge in [-0.2, -0.15) is 4.31 Å². The van der Waals surface area contributed by atoms with E-state index in [-0.39, 0.29) is 17.5 Å². The molecule has 0 spiro atoms. The lowest BCUT2D eigenvalue weighted by Crippen LogP contribution is -2.49. The van der Waals surface area contributed by atoms with Gasteiger partial charge < -0.3 is 4.90 Å². The molecule has 6 nitrogen and oxygen atoms in total. The largest absolute Gasteiger partial charge is 0.354 e. The van der Waals surface area contributed by atoms with E-state index in [0.717, 1.165) is 41.3 Å². The van der Waals surface area contributed by atoms with E-state index in [9.17, 15) is 12.8 Å². The fourth-order valence-electron chi connectivity index (χ4n) is 3.84. The van der Waals surface area contributed by atoms with Crippen LogP contribution in [0.4, 0.5) is 10.2 Å².